The van der Waals surface area contributed by atoms with Crippen LogP contribution < -0.4 is 14.4 Å². The second-order valence-electron chi connectivity index (χ2n) is 10.2. The van der Waals surface area contributed by atoms with E-state index in [1.165, 1.54) is 0 Å². The van der Waals surface area contributed by atoms with Gasteiger partial charge in [-0.3, -0.25) is 4.90 Å². The Labute approximate surface area is 240 Å². The molecular weight excluding hydrogens is 522 g/mol. The Hall–Kier alpha value is -4.22. The first-order valence-electron chi connectivity index (χ1n) is 13.3. The lowest BCUT2D eigenvalue weighted by Crippen LogP contribution is -2.32. The molecule has 0 spiro atoms. The first-order chi connectivity index (χ1) is 19.3. The van der Waals surface area contributed by atoms with Crippen LogP contribution in [-0.2, 0) is 17.9 Å². The molecule has 204 valence electrons. The number of fused-ring (bicyclic) bond motifs is 1. The van der Waals surface area contributed by atoms with Crippen molar-refractivity contribution < 1.29 is 19.0 Å². The van der Waals surface area contributed by atoms with E-state index in [1.807, 2.05) is 118 Å². The van der Waals surface area contributed by atoms with Gasteiger partial charge in [0.05, 0.1) is 13.2 Å². The molecule has 0 radical (unpaired) electrons. The summed E-state index contributed by atoms with van der Waals surface area (Å²) in [5.41, 5.74) is 4.80. The number of hydrogen-bond donors (Lipinski definition) is 0. The fraction of sp³-hybridized carbons (Fsp3) is 0.206. The van der Waals surface area contributed by atoms with Crippen LogP contribution in [0, 0.1) is 0 Å². The second-order valence-corrected chi connectivity index (χ2v) is 10.6. The summed E-state index contributed by atoms with van der Waals surface area (Å²) in [5, 5.41) is 0.606. The molecule has 5 nitrogen and oxygen atoms in total. The predicted molar refractivity (Wildman–Crippen MR) is 161 cm³/mol. The largest absolute Gasteiger partial charge is 0.494 e. The minimum atomic E-state index is -0.464. The number of halogens is 1. The molecule has 1 aliphatic rings. The van der Waals surface area contributed by atoms with Gasteiger partial charge in [0.1, 0.15) is 23.7 Å². The van der Waals surface area contributed by atoms with Crippen LogP contribution in [0.5, 0.6) is 11.5 Å². The van der Waals surface area contributed by atoms with Crippen molar-refractivity contribution in [3.05, 3.63) is 119 Å². The first kappa shape index (κ1) is 27.4. The maximum absolute atomic E-state index is 13.7. The quantitative estimate of drug-likeness (QED) is 0.218. The summed E-state index contributed by atoms with van der Waals surface area (Å²) >= 11 is 6.29. The van der Waals surface area contributed by atoms with E-state index in [0.29, 0.717) is 17.3 Å². The third-order valence-electron chi connectivity index (χ3n) is 6.58. The Morgan fingerprint density at radius 3 is 2.42 bits per heavy atom. The van der Waals surface area contributed by atoms with Gasteiger partial charge in [0.2, 0.25) is 0 Å². The zero-order chi connectivity index (χ0) is 28.1. The molecule has 5 rings (SSSR count). The fourth-order valence-corrected chi connectivity index (χ4v) is 4.81. The summed E-state index contributed by atoms with van der Waals surface area (Å²) in [6.07, 6.45) is 3.62. The number of rotatable bonds is 8. The van der Waals surface area contributed by atoms with Crippen LogP contribution in [0.25, 0.3) is 17.2 Å². The zero-order valence-corrected chi connectivity index (χ0v) is 23.7. The Morgan fingerprint density at radius 2 is 1.70 bits per heavy atom. The van der Waals surface area contributed by atoms with Crippen LogP contribution in [-0.4, -0.2) is 18.3 Å². The molecule has 40 heavy (non-hydrogen) atoms. The van der Waals surface area contributed by atoms with Crippen molar-refractivity contribution in [2.75, 3.05) is 11.5 Å². The fourth-order valence-electron chi connectivity index (χ4n) is 4.60. The van der Waals surface area contributed by atoms with Crippen LogP contribution in [0.1, 0.15) is 37.5 Å². The van der Waals surface area contributed by atoms with E-state index >= 15 is 0 Å². The van der Waals surface area contributed by atoms with E-state index in [1.54, 1.807) is 4.90 Å². The lowest BCUT2D eigenvalue weighted by Gasteiger charge is -2.31. The highest BCUT2D eigenvalue weighted by molar-refractivity contribution is 6.30. The van der Waals surface area contributed by atoms with Crippen molar-refractivity contribution in [3.8, 4) is 22.6 Å². The SMILES string of the molecule is CCOc1ccc(COC(=O)N(Cc2cccc(Cl)c2)c2cc3c(c(-c4ccccc4)c2)OC(C)(C)C=C3)cc1. The minimum absolute atomic E-state index is 0.130. The first-order valence-corrected chi connectivity index (χ1v) is 13.7. The third-order valence-corrected chi connectivity index (χ3v) is 6.81. The van der Waals surface area contributed by atoms with Gasteiger partial charge in [-0.15, -0.1) is 0 Å². The van der Waals surface area contributed by atoms with Gasteiger partial charge in [-0.2, -0.15) is 0 Å². The maximum atomic E-state index is 13.7. The summed E-state index contributed by atoms with van der Waals surface area (Å²) in [7, 11) is 0. The second kappa shape index (κ2) is 11.9. The monoisotopic (exact) mass is 553 g/mol. The van der Waals surface area contributed by atoms with Crippen LogP contribution in [0.3, 0.4) is 0 Å². The highest BCUT2D eigenvalue weighted by Gasteiger charge is 2.27. The number of carbonyl (C=O) groups is 1. The van der Waals surface area contributed by atoms with Crippen molar-refractivity contribution in [1.82, 2.24) is 0 Å². The Kier molecular flexibility index (Phi) is 8.13. The zero-order valence-electron chi connectivity index (χ0n) is 22.9. The normalized spacial score (nSPS) is 13.2. The number of amides is 1. The van der Waals surface area contributed by atoms with E-state index in [0.717, 1.165) is 39.3 Å². The Morgan fingerprint density at radius 1 is 0.925 bits per heavy atom. The maximum Gasteiger partial charge on any atom is 0.414 e. The van der Waals surface area contributed by atoms with Gasteiger partial charge >= 0.3 is 6.09 Å². The number of anilines is 1. The molecule has 0 saturated carbocycles. The number of ether oxygens (including phenoxy) is 3. The van der Waals surface area contributed by atoms with Gasteiger partial charge in [-0.05, 0) is 79.9 Å². The molecule has 0 fully saturated rings. The summed E-state index contributed by atoms with van der Waals surface area (Å²) in [5.74, 6) is 1.56. The molecule has 4 aromatic carbocycles. The van der Waals surface area contributed by atoms with Crippen LogP contribution >= 0.6 is 11.6 Å². The molecular formula is C34H32ClNO4. The van der Waals surface area contributed by atoms with E-state index in [2.05, 4.69) is 6.08 Å². The molecule has 4 aromatic rings. The predicted octanol–water partition coefficient (Wildman–Crippen LogP) is 8.93. The molecule has 1 heterocycles. The van der Waals surface area contributed by atoms with Crippen LogP contribution in [0.2, 0.25) is 5.02 Å². The molecule has 0 bridgehead atoms. The van der Waals surface area contributed by atoms with Gasteiger partial charge in [0, 0.05) is 21.8 Å². The van der Waals surface area contributed by atoms with Crippen molar-refractivity contribution in [2.45, 2.75) is 39.5 Å². The molecule has 0 aromatic heterocycles. The van der Waals surface area contributed by atoms with Gasteiger partial charge < -0.3 is 14.2 Å². The highest BCUT2D eigenvalue weighted by atomic mass is 35.5. The summed E-state index contributed by atoms with van der Waals surface area (Å²) < 4.78 is 17.8. The molecule has 0 N–H and O–H groups in total. The van der Waals surface area contributed by atoms with Crippen molar-refractivity contribution in [1.29, 1.82) is 0 Å². The summed E-state index contributed by atoms with van der Waals surface area (Å²) in [4.78, 5) is 15.3. The Balaban J connectivity index is 1.52. The minimum Gasteiger partial charge on any atom is -0.494 e. The molecule has 0 atom stereocenters. The summed E-state index contributed by atoms with van der Waals surface area (Å²) in [6.45, 7) is 7.00. The van der Waals surface area contributed by atoms with Gasteiger partial charge in [0.15, 0.2) is 0 Å². The number of benzene rings is 4. The van der Waals surface area contributed by atoms with Gasteiger partial charge in [0.25, 0.3) is 0 Å². The highest BCUT2D eigenvalue weighted by Crippen LogP contribution is 2.43. The van der Waals surface area contributed by atoms with Gasteiger partial charge in [-0.1, -0.05) is 72.3 Å². The lowest BCUT2D eigenvalue weighted by atomic mass is 9.95. The molecule has 1 aliphatic heterocycles. The Bertz CT molecular complexity index is 1510. The lowest BCUT2D eigenvalue weighted by molar-refractivity contribution is 0.146. The standard InChI is InChI=1S/C34H32ClNO4/c1-4-38-30-15-13-24(14-16-30)23-39-33(37)36(22-25-9-8-12-28(35)19-25)29-20-27-17-18-34(2,3)40-32(27)31(21-29)26-10-6-5-7-11-26/h5-21H,4,22-23H2,1-3H3. The smallest absolute Gasteiger partial charge is 0.414 e. The average Bonchev–Trinajstić information content (AvgIpc) is 2.95. The number of nitrogens with zero attached hydrogens (tertiary/aromatic N) is 1. The third kappa shape index (κ3) is 6.49. The number of carbonyl (C=O) groups excluding carboxylic acids is 1. The van der Waals surface area contributed by atoms with Crippen LogP contribution in [0.15, 0.2) is 97.1 Å². The number of hydrogen-bond acceptors (Lipinski definition) is 4. The van der Waals surface area contributed by atoms with Crippen molar-refractivity contribution >= 4 is 29.5 Å². The molecule has 0 unspecified atom stereocenters. The average molecular weight is 554 g/mol. The van der Waals surface area contributed by atoms with Crippen molar-refractivity contribution in [2.24, 2.45) is 0 Å². The van der Waals surface area contributed by atoms with Crippen molar-refractivity contribution in [3.63, 3.8) is 0 Å². The topological polar surface area (TPSA) is 48.0 Å². The van der Waals surface area contributed by atoms with E-state index in [9.17, 15) is 4.79 Å². The van der Waals surface area contributed by atoms with Gasteiger partial charge in [-0.25, -0.2) is 4.79 Å². The molecule has 0 aliphatic carbocycles. The van der Waals surface area contributed by atoms with Crippen LogP contribution in [0.4, 0.5) is 10.5 Å². The van der Waals surface area contributed by atoms with E-state index in [-0.39, 0.29) is 13.2 Å². The molecule has 6 heteroatoms. The van der Waals surface area contributed by atoms with E-state index in [4.69, 9.17) is 25.8 Å². The van der Waals surface area contributed by atoms with E-state index < -0.39 is 11.7 Å². The molecule has 0 saturated heterocycles. The molecule has 1 amide bonds. The summed E-state index contributed by atoms with van der Waals surface area (Å²) in [6, 6.07) is 29.1.